The van der Waals surface area contributed by atoms with E-state index in [1.807, 2.05) is 0 Å². The molecule has 1 aromatic carbocycles. The van der Waals surface area contributed by atoms with Crippen molar-refractivity contribution in [3.05, 3.63) is 18.2 Å². The van der Waals surface area contributed by atoms with Crippen molar-refractivity contribution in [1.29, 1.82) is 0 Å². The molecule has 0 spiro atoms. The van der Waals surface area contributed by atoms with E-state index >= 15 is 0 Å². The van der Waals surface area contributed by atoms with E-state index in [0.29, 0.717) is 0 Å². The number of anilines is 2. The fraction of sp³-hybridized carbons (Fsp3) is 0.538. The van der Waals surface area contributed by atoms with Gasteiger partial charge in [0.1, 0.15) is 12.4 Å². The van der Waals surface area contributed by atoms with Crippen molar-refractivity contribution < 1.29 is 4.74 Å². The Hall–Kier alpha value is -1.38. The second-order valence-electron chi connectivity index (χ2n) is 4.50. The predicted molar refractivity (Wildman–Crippen MR) is 66.5 cm³/mol. The number of rotatable bonds is 1. The first-order valence-electron chi connectivity index (χ1n) is 6.19. The molecule has 3 rings (SSSR count). The van der Waals surface area contributed by atoms with Gasteiger partial charge in [0.25, 0.3) is 0 Å². The number of nitrogens with one attached hydrogen (secondary N) is 1. The minimum atomic E-state index is 0.774. The molecule has 0 bridgehead atoms. The number of ether oxygens (including phenoxy) is 1. The molecule has 1 aromatic rings. The molecular weight excluding hydrogens is 200 g/mol. The molecule has 1 fully saturated rings. The fourth-order valence-corrected chi connectivity index (χ4v) is 2.48. The molecule has 86 valence electrons. The van der Waals surface area contributed by atoms with Crippen LogP contribution in [0, 0.1) is 0 Å². The molecule has 3 nitrogen and oxygen atoms in total. The van der Waals surface area contributed by atoms with Crippen LogP contribution < -0.4 is 15.0 Å². The molecule has 0 unspecified atom stereocenters. The van der Waals surface area contributed by atoms with Crippen LogP contribution in [0.1, 0.15) is 19.3 Å². The van der Waals surface area contributed by atoms with E-state index in [9.17, 15) is 0 Å². The van der Waals surface area contributed by atoms with Crippen molar-refractivity contribution >= 4 is 11.4 Å². The smallest absolute Gasteiger partial charge is 0.142 e. The molecule has 2 aliphatic rings. The fourth-order valence-electron chi connectivity index (χ4n) is 2.48. The summed E-state index contributed by atoms with van der Waals surface area (Å²) in [5, 5.41) is 3.39. The molecule has 0 saturated carbocycles. The third kappa shape index (κ3) is 1.82. The third-order valence-corrected chi connectivity index (χ3v) is 3.36. The van der Waals surface area contributed by atoms with Crippen LogP contribution in [0.3, 0.4) is 0 Å². The highest BCUT2D eigenvalue weighted by Crippen LogP contribution is 2.32. The number of hydrogen-bond donors (Lipinski definition) is 1. The van der Waals surface area contributed by atoms with Gasteiger partial charge in [0, 0.05) is 25.3 Å². The molecule has 0 aliphatic carbocycles. The van der Waals surface area contributed by atoms with Gasteiger partial charge in [0.05, 0.1) is 5.69 Å². The zero-order valence-corrected chi connectivity index (χ0v) is 9.54. The van der Waals surface area contributed by atoms with Crippen LogP contribution >= 0.6 is 0 Å². The van der Waals surface area contributed by atoms with E-state index in [1.54, 1.807) is 0 Å². The van der Waals surface area contributed by atoms with E-state index < -0.39 is 0 Å². The van der Waals surface area contributed by atoms with Crippen molar-refractivity contribution in [2.45, 2.75) is 19.3 Å². The molecule has 1 N–H and O–H groups in total. The Kier molecular flexibility index (Phi) is 2.60. The highest BCUT2D eigenvalue weighted by molar-refractivity contribution is 5.66. The van der Waals surface area contributed by atoms with Gasteiger partial charge >= 0.3 is 0 Å². The summed E-state index contributed by atoms with van der Waals surface area (Å²) in [4.78, 5) is 2.47. The zero-order chi connectivity index (χ0) is 10.8. The number of benzene rings is 1. The van der Waals surface area contributed by atoms with Gasteiger partial charge in [-0.2, -0.15) is 0 Å². The number of hydrogen-bond acceptors (Lipinski definition) is 3. The molecule has 3 heteroatoms. The maximum atomic E-state index is 5.58. The van der Waals surface area contributed by atoms with Crippen molar-refractivity contribution in [3.63, 3.8) is 0 Å². The van der Waals surface area contributed by atoms with Crippen LogP contribution in [-0.2, 0) is 0 Å². The van der Waals surface area contributed by atoms with Crippen LogP contribution in [0.2, 0.25) is 0 Å². The molecular formula is C13H18N2O. The largest absolute Gasteiger partial charge is 0.490 e. The lowest BCUT2D eigenvalue weighted by Gasteiger charge is -2.30. The second-order valence-corrected chi connectivity index (χ2v) is 4.50. The van der Waals surface area contributed by atoms with Gasteiger partial charge < -0.3 is 15.0 Å². The van der Waals surface area contributed by atoms with Crippen molar-refractivity contribution in [3.8, 4) is 5.75 Å². The lowest BCUT2D eigenvalue weighted by molar-refractivity contribution is 0.323. The van der Waals surface area contributed by atoms with E-state index in [-0.39, 0.29) is 0 Å². The van der Waals surface area contributed by atoms with Gasteiger partial charge in [-0.05, 0) is 37.5 Å². The Morgan fingerprint density at radius 1 is 1.12 bits per heavy atom. The Morgan fingerprint density at radius 2 is 2.00 bits per heavy atom. The molecule has 0 amide bonds. The average molecular weight is 218 g/mol. The topological polar surface area (TPSA) is 24.5 Å². The maximum Gasteiger partial charge on any atom is 0.142 e. The summed E-state index contributed by atoms with van der Waals surface area (Å²) in [6.07, 6.45) is 4.02. The summed E-state index contributed by atoms with van der Waals surface area (Å²) < 4.78 is 5.58. The van der Waals surface area contributed by atoms with E-state index in [2.05, 4.69) is 28.4 Å². The second kappa shape index (κ2) is 4.24. The van der Waals surface area contributed by atoms with Crippen molar-refractivity contribution in [2.75, 3.05) is 36.5 Å². The van der Waals surface area contributed by atoms with Crippen LogP contribution in [-0.4, -0.2) is 26.2 Å². The highest BCUT2D eigenvalue weighted by Gasteiger charge is 2.14. The Balaban J connectivity index is 1.84. The quantitative estimate of drug-likeness (QED) is 0.783. The standard InChI is InChI=1S/C13H18N2O/c1-2-7-15(8-3-1)11-4-5-13-12(10-11)14-6-9-16-13/h4-5,10,14H,1-3,6-9H2. The molecule has 1 saturated heterocycles. The first-order chi connectivity index (χ1) is 7.93. The summed E-state index contributed by atoms with van der Waals surface area (Å²) in [5.74, 6) is 0.993. The molecule has 16 heavy (non-hydrogen) atoms. The summed E-state index contributed by atoms with van der Waals surface area (Å²) in [5.41, 5.74) is 2.48. The van der Waals surface area contributed by atoms with Crippen molar-refractivity contribution in [1.82, 2.24) is 0 Å². The van der Waals surface area contributed by atoms with Gasteiger partial charge in [-0.3, -0.25) is 0 Å². The summed E-state index contributed by atoms with van der Waals surface area (Å²) in [6, 6.07) is 6.49. The summed E-state index contributed by atoms with van der Waals surface area (Å²) >= 11 is 0. The summed E-state index contributed by atoms with van der Waals surface area (Å²) in [6.45, 7) is 4.08. The monoisotopic (exact) mass is 218 g/mol. The van der Waals surface area contributed by atoms with Crippen LogP contribution in [0.4, 0.5) is 11.4 Å². The third-order valence-electron chi connectivity index (χ3n) is 3.36. The average Bonchev–Trinajstić information content (AvgIpc) is 2.39. The Bertz CT molecular complexity index is 372. The van der Waals surface area contributed by atoms with E-state index in [0.717, 1.165) is 24.6 Å². The summed E-state index contributed by atoms with van der Waals surface area (Å²) in [7, 11) is 0. The predicted octanol–water partition coefficient (Wildman–Crippen LogP) is 2.48. The van der Waals surface area contributed by atoms with Crippen LogP contribution in [0.25, 0.3) is 0 Å². The van der Waals surface area contributed by atoms with E-state index in [4.69, 9.17) is 4.74 Å². The van der Waals surface area contributed by atoms with Gasteiger partial charge in [-0.25, -0.2) is 0 Å². The minimum absolute atomic E-state index is 0.774. The number of piperidine rings is 1. The molecule has 2 heterocycles. The number of fused-ring (bicyclic) bond motifs is 1. The van der Waals surface area contributed by atoms with E-state index in [1.165, 1.54) is 38.0 Å². The highest BCUT2D eigenvalue weighted by atomic mass is 16.5. The molecule has 0 radical (unpaired) electrons. The lowest BCUT2D eigenvalue weighted by atomic mass is 10.1. The maximum absolute atomic E-state index is 5.58. The Labute approximate surface area is 96.4 Å². The van der Waals surface area contributed by atoms with Crippen molar-refractivity contribution in [2.24, 2.45) is 0 Å². The Morgan fingerprint density at radius 3 is 2.88 bits per heavy atom. The van der Waals surface area contributed by atoms with Gasteiger partial charge in [-0.1, -0.05) is 0 Å². The van der Waals surface area contributed by atoms with Gasteiger partial charge in [0.2, 0.25) is 0 Å². The molecule has 0 atom stereocenters. The SMILES string of the molecule is c1cc2c(cc1N1CCCCC1)NCCO2. The van der Waals surface area contributed by atoms with Crippen LogP contribution in [0.15, 0.2) is 18.2 Å². The van der Waals surface area contributed by atoms with Crippen LogP contribution in [0.5, 0.6) is 5.75 Å². The molecule has 0 aromatic heterocycles. The normalized spacial score (nSPS) is 19.6. The zero-order valence-electron chi connectivity index (χ0n) is 9.54. The number of nitrogens with zero attached hydrogens (tertiary/aromatic N) is 1. The van der Waals surface area contributed by atoms with Gasteiger partial charge in [-0.15, -0.1) is 0 Å². The first kappa shape index (κ1) is 9.82. The molecule has 2 aliphatic heterocycles. The van der Waals surface area contributed by atoms with Gasteiger partial charge in [0.15, 0.2) is 0 Å². The minimum Gasteiger partial charge on any atom is -0.490 e. The first-order valence-corrected chi connectivity index (χ1v) is 6.19. The lowest BCUT2D eigenvalue weighted by Crippen LogP contribution is -2.29.